The Labute approximate surface area is 98.6 Å². The van der Waals surface area contributed by atoms with Gasteiger partial charge in [-0.1, -0.05) is 6.92 Å². The number of anilines is 2. The molecule has 0 saturated heterocycles. The predicted octanol–water partition coefficient (Wildman–Crippen LogP) is 2.49. The van der Waals surface area contributed by atoms with E-state index in [0.717, 1.165) is 12.2 Å². The molecular formula is C11H15FN2OS. The summed E-state index contributed by atoms with van der Waals surface area (Å²) in [6.07, 6.45) is 1.04. The lowest BCUT2D eigenvalue weighted by Gasteiger charge is -2.07. The molecule has 1 amide bonds. The van der Waals surface area contributed by atoms with Gasteiger partial charge < -0.3 is 11.1 Å². The molecule has 1 aromatic rings. The number of carbonyl (C=O) groups is 1. The number of nitrogens with two attached hydrogens (primary N) is 1. The van der Waals surface area contributed by atoms with Gasteiger partial charge in [-0.2, -0.15) is 11.8 Å². The molecule has 0 heterocycles. The summed E-state index contributed by atoms with van der Waals surface area (Å²) < 4.78 is 12.7. The Morgan fingerprint density at radius 3 is 2.94 bits per heavy atom. The SMILES string of the molecule is CCCSCC(=O)Nc1ccc(F)cc1N. The molecule has 0 aliphatic heterocycles. The third-order valence-corrected chi connectivity index (χ3v) is 3.03. The highest BCUT2D eigenvalue weighted by Gasteiger charge is 2.05. The van der Waals surface area contributed by atoms with Gasteiger partial charge in [0.15, 0.2) is 0 Å². The molecule has 0 bridgehead atoms. The van der Waals surface area contributed by atoms with Gasteiger partial charge in [0.25, 0.3) is 0 Å². The molecule has 3 nitrogen and oxygen atoms in total. The second kappa shape index (κ2) is 6.37. The maximum Gasteiger partial charge on any atom is 0.234 e. The Balaban J connectivity index is 2.49. The highest BCUT2D eigenvalue weighted by Crippen LogP contribution is 2.19. The number of nitrogen functional groups attached to an aromatic ring is 1. The van der Waals surface area contributed by atoms with Gasteiger partial charge in [-0.05, 0) is 30.4 Å². The molecule has 0 aliphatic rings. The molecule has 1 rings (SSSR count). The lowest BCUT2D eigenvalue weighted by Crippen LogP contribution is -2.15. The van der Waals surface area contributed by atoms with E-state index < -0.39 is 5.82 Å². The van der Waals surface area contributed by atoms with Crippen LogP contribution in [-0.2, 0) is 4.79 Å². The number of thioether (sulfide) groups is 1. The molecule has 3 N–H and O–H groups in total. The predicted molar refractivity (Wildman–Crippen MR) is 67.1 cm³/mol. The molecule has 0 saturated carbocycles. The Hall–Kier alpha value is -1.23. The molecule has 0 spiro atoms. The Morgan fingerprint density at radius 1 is 1.56 bits per heavy atom. The van der Waals surface area contributed by atoms with E-state index in [2.05, 4.69) is 12.2 Å². The van der Waals surface area contributed by atoms with Crippen molar-refractivity contribution in [2.24, 2.45) is 0 Å². The van der Waals surface area contributed by atoms with Crippen LogP contribution in [0.25, 0.3) is 0 Å². The van der Waals surface area contributed by atoms with Crippen molar-refractivity contribution in [3.8, 4) is 0 Å². The summed E-state index contributed by atoms with van der Waals surface area (Å²) in [5.41, 5.74) is 6.27. The average Bonchev–Trinajstić information content (AvgIpc) is 2.23. The van der Waals surface area contributed by atoms with Gasteiger partial charge in [-0.3, -0.25) is 4.79 Å². The summed E-state index contributed by atoms with van der Waals surface area (Å²) in [6, 6.07) is 3.92. The number of amides is 1. The fourth-order valence-electron chi connectivity index (χ4n) is 1.14. The minimum atomic E-state index is -0.407. The maximum absolute atomic E-state index is 12.7. The third kappa shape index (κ3) is 4.10. The minimum absolute atomic E-state index is 0.114. The summed E-state index contributed by atoms with van der Waals surface area (Å²) in [7, 11) is 0. The molecule has 16 heavy (non-hydrogen) atoms. The lowest BCUT2D eigenvalue weighted by atomic mass is 10.2. The van der Waals surface area contributed by atoms with Gasteiger partial charge in [-0.25, -0.2) is 4.39 Å². The summed E-state index contributed by atoms with van der Waals surface area (Å²) in [5, 5.41) is 2.64. The van der Waals surface area contributed by atoms with Crippen molar-refractivity contribution in [2.75, 3.05) is 22.6 Å². The monoisotopic (exact) mass is 242 g/mol. The van der Waals surface area contributed by atoms with Gasteiger partial charge in [0.05, 0.1) is 17.1 Å². The number of benzene rings is 1. The van der Waals surface area contributed by atoms with Gasteiger partial charge in [0, 0.05) is 0 Å². The molecular weight excluding hydrogens is 227 g/mol. The molecule has 1 aromatic carbocycles. The zero-order chi connectivity index (χ0) is 12.0. The van der Waals surface area contributed by atoms with E-state index in [1.165, 1.54) is 18.2 Å². The zero-order valence-electron chi connectivity index (χ0n) is 9.13. The van der Waals surface area contributed by atoms with Gasteiger partial charge >= 0.3 is 0 Å². The van der Waals surface area contributed by atoms with Crippen molar-refractivity contribution in [3.05, 3.63) is 24.0 Å². The average molecular weight is 242 g/mol. The van der Waals surface area contributed by atoms with Gasteiger partial charge in [-0.15, -0.1) is 0 Å². The van der Waals surface area contributed by atoms with E-state index in [9.17, 15) is 9.18 Å². The number of hydrogen-bond acceptors (Lipinski definition) is 3. The first-order valence-electron chi connectivity index (χ1n) is 5.06. The van der Waals surface area contributed by atoms with Crippen LogP contribution in [0.1, 0.15) is 13.3 Å². The van der Waals surface area contributed by atoms with Crippen LogP contribution in [0.3, 0.4) is 0 Å². The van der Waals surface area contributed by atoms with Crippen molar-refractivity contribution in [2.45, 2.75) is 13.3 Å². The van der Waals surface area contributed by atoms with Crippen molar-refractivity contribution in [1.82, 2.24) is 0 Å². The number of nitrogens with one attached hydrogen (secondary N) is 1. The zero-order valence-corrected chi connectivity index (χ0v) is 9.94. The van der Waals surface area contributed by atoms with Crippen LogP contribution >= 0.6 is 11.8 Å². The quantitative estimate of drug-likeness (QED) is 0.616. The Bertz CT molecular complexity index is 371. The van der Waals surface area contributed by atoms with Crippen LogP contribution in [-0.4, -0.2) is 17.4 Å². The normalized spacial score (nSPS) is 10.1. The molecule has 0 fully saturated rings. The van der Waals surface area contributed by atoms with Crippen LogP contribution in [0.15, 0.2) is 18.2 Å². The van der Waals surface area contributed by atoms with E-state index in [-0.39, 0.29) is 11.6 Å². The highest BCUT2D eigenvalue weighted by atomic mass is 32.2. The third-order valence-electron chi connectivity index (χ3n) is 1.87. The molecule has 0 unspecified atom stereocenters. The largest absolute Gasteiger partial charge is 0.397 e. The summed E-state index contributed by atoms with van der Waals surface area (Å²) in [6.45, 7) is 2.06. The molecule has 0 radical (unpaired) electrons. The van der Waals surface area contributed by atoms with Crippen LogP contribution in [0.4, 0.5) is 15.8 Å². The van der Waals surface area contributed by atoms with Crippen molar-refractivity contribution < 1.29 is 9.18 Å². The van der Waals surface area contributed by atoms with E-state index in [0.29, 0.717) is 11.4 Å². The highest BCUT2D eigenvalue weighted by molar-refractivity contribution is 7.99. The van der Waals surface area contributed by atoms with Crippen LogP contribution in [0.2, 0.25) is 0 Å². The number of rotatable bonds is 5. The molecule has 0 atom stereocenters. The first kappa shape index (κ1) is 12.8. The molecule has 88 valence electrons. The van der Waals surface area contributed by atoms with E-state index >= 15 is 0 Å². The van der Waals surface area contributed by atoms with E-state index in [1.54, 1.807) is 11.8 Å². The summed E-state index contributed by atoms with van der Waals surface area (Å²) in [5.74, 6) is 0.823. The van der Waals surface area contributed by atoms with Crippen molar-refractivity contribution in [1.29, 1.82) is 0 Å². The number of carbonyl (C=O) groups excluding carboxylic acids is 1. The summed E-state index contributed by atoms with van der Waals surface area (Å²) >= 11 is 1.56. The second-order valence-corrected chi connectivity index (χ2v) is 4.44. The van der Waals surface area contributed by atoms with Crippen molar-refractivity contribution >= 4 is 29.0 Å². The van der Waals surface area contributed by atoms with Gasteiger partial charge in [0.1, 0.15) is 5.82 Å². The van der Waals surface area contributed by atoms with Gasteiger partial charge in [0.2, 0.25) is 5.91 Å². The van der Waals surface area contributed by atoms with E-state index in [4.69, 9.17) is 5.73 Å². The summed E-state index contributed by atoms with van der Waals surface area (Å²) in [4.78, 5) is 11.4. The first-order valence-corrected chi connectivity index (χ1v) is 6.21. The standard InChI is InChI=1S/C11H15FN2OS/c1-2-5-16-7-11(15)14-10-4-3-8(12)6-9(10)13/h3-4,6H,2,5,7,13H2,1H3,(H,14,15). The minimum Gasteiger partial charge on any atom is -0.397 e. The number of hydrogen-bond donors (Lipinski definition) is 2. The Morgan fingerprint density at radius 2 is 2.31 bits per heavy atom. The van der Waals surface area contributed by atoms with Crippen molar-refractivity contribution in [3.63, 3.8) is 0 Å². The van der Waals surface area contributed by atoms with Crippen LogP contribution in [0.5, 0.6) is 0 Å². The lowest BCUT2D eigenvalue weighted by molar-refractivity contribution is -0.113. The van der Waals surface area contributed by atoms with Crippen LogP contribution < -0.4 is 11.1 Å². The Kier molecular flexibility index (Phi) is 5.11. The molecule has 0 aliphatic carbocycles. The topological polar surface area (TPSA) is 55.1 Å². The smallest absolute Gasteiger partial charge is 0.234 e. The molecule has 0 aromatic heterocycles. The number of halogens is 1. The van der Waals surface area contributed by atoms with E-state index in [1.807, 2.05) is 0 Å². The second-order valence-electron chi connectivity index (χ2n) is 3.33. The maximum atomic E-state index is 12.7. The fourth-order valence-corrected chi connectivity index (χ4v) is 1.83. The fraction of sp³-hybridized carbons (Fsp3) is 0.364. The van der Waals surface area contributed by atoms with Crippen LogP contribution in [0, 0.1) is 5.82 Å². The molecule has 5 heteroatoms. The first-order chi connectivity index (χ1) is 7.63.